The van der Waals surface area contributed by atoms with Gasteiger partial charge in [-0.05, 0) is 24.0 Å². The molecule has 1 aliphatic heterocycles. The summed E-state index contributed by atoms with van der Waals surface area (Å²) in [5.41, 5.74) is 3.32. The van der Waals surface area contributed by atoms with Gasteiger partial charge in [0.2, 0.25) is 5.91 Å². The maximum atomic E-state index is 12.6. The van der Waals surface area contributed by atoms with Gasteiger partial charge in [0.1, 0.15) is 0 Å². The summed E-state index contributed by atoms with van der Waals surface area (Å²) in [5.74, 6) is 0.475. The molecule has 0 aromatic heterocycles. The zero-order valence-electron chi connectivity index (χ0n) is 11.7. The minimum absolute atomic E-state index is 0.0383. The molecule has 2 atom stereocenters. The van der Waals surface area contributed by atoms with Crippen LogP contribution in [0.4, 0.5) is 0 Å². The fraction of sp³-hybridized carbons (Fsp3) is 0.500. The number of rotatable bonds is 2. The first-order chi connectivity index (χ1) is 9.74. The van der Waals surface area contributed by atoms with Crippen molar-refractivity contribution in [2.24, 2.45) is 11.1 Å². The molecule has 0 spiro atoms. The van der Waals surface area contributed by atoms with E-state index < -0.39 is 0 Å². The predicted molar refractivity (Wildman–Crippen MR) is 77.1 cm³/mol. The summed E-state index contributed by atoms with van der Waals surface area (Å²) >= 11 is 0. The third-order valence-corrected chi connectivity index (χ3v) is 4.64. The molecule has 1 amide bonds. The molecule has 0 saturated carbocycles. The summed E-state index contributed by atoms with van der Waals surface area (Å²) in [6.07, 6.45) is 2.46. The lowest BCUT2D eigenvalue weighted by Crippen LogP contribution is -2.47. The van der Waals surface area contributed by atoms with Gasteiger partial charge < -0.3 is 10.1 Å². The first-order valence-corrected chi connectivity index (χ1v) is 7.32. The van der Waals surface area contributed by atoms with Crippen molar-refractivity contribution in [2.45, 2.75) is 32.1 Å². The van der Waals surface area contributed by atoms with Crippen LogP contribution in [0, 0.1) is 5.92 Å². The Labute approximate surface area is 119 Å². The average molecular weight is 272 g/mol. The zero-order chi connectivity index (χ0) is 14.1. The summed E-state index contributed by atoms with van der Waals surface area (Å²) in [4.78, 5) is 14.6. The number of piperidine rings is 1. The number of hydrogen-bond acceptors (Lipinski definition) is 3. The molecule has 1 aromatic carbocycles. The Morgan fingerprint density at radius 2 is 2.25 bits per heavy atom. The highest BCUT2D eigenvalue weighted by Crippen LogP contribution is 2.36. The number of carbonyl (C=O) groups excluding carboxylic acids is 1. The van der Waals surface area contributed by atoms with E-state index in [0.717, 1.165) is 18.6 Å². The second kappa shape index (κ2) is 5.27. The number of nitrogens with zero attached hydrogens (tertiary/aromatic N) is 2. The van der Waals surface area contributed by atoms with Gasteiger partial charge in [-0.3, -0.25) is 4.79 Å². The highest BCUT2D eigenvalue weighted by Gasteiger charge is 2.37. The van der Waals surface area contributed by atoms with Crippen LogP contribution in [-0.2, 0) is 11.2 Å². The number of benzene rings is 1. The smallest absolute Gasteiger partial charge is 0.230 e. The molecule has 2 unspecified atom stereocenters. The Kier molecular flexibility index (Phi) is 3.47. The quantitative estimate of drug-likeness (QED) is 0.664. The molecule has 3 rings (SSSR count). The molecular weight excluding hydrogens is 252 g/mol. The van der Waals surface area contributed by atoms with Gasteiger partial charge in [0.05, 0.1) is 11.6 Å². The standard InChI is InChI=1S/C16H20N2O2/c1-2-11-10-18(8-7-15(11)17-20)16(19)14-9-12-5-3-4-6-13(12)14/h3-6,11,14,20H,2,7-10H2,1H3/b17-15+. The molecule has 1 fully saturated rings. The van der Waals surface area contributed by atoms with E-state index >= 15 is 0 Å². The molecule has 1 saturated heterocycles. The largest absolute Gasteiger partial charge is 0.411 e. The van der Waals surface area contributed by atoms with Crippen LogP contribution in [0.2, 0.25) is 0 Å². The van der Waals surface area contributed by atoms with Gasteiger partial charge in [0.15, 0.2) is 0 Å². The fourth-order valence-electron chi connectivity index (χ4n) is 3.31. The zero-order valence-corrected chi connectivity index (χ0v) is 11.7. The molecule has 1 aromatic rings. The number of fused-ring (bicyclic) bond motifs is 1. The third kappa shape index (κ3) is 2.09. The van der Waals surface area contributed by atoms with Crippen LogP contribution in [0.5, 0.6) is 0 Å². The van der Waals surface area contributed by atoms with E-state index in [1.807, 2.05) is 17.0 Å². The van der Waals surface area contributed by atoms with E-state index in [1.54, 1.807) is 0 Å². The van der Waals surface area contributed by atoms with Crippen LogP contribution in [0.3, 0.4) is 0 Å². The van der Waals surface area contributed by atoms with Crippen LogP contribution in [0.1, 0.15) is 36.8 Å². The van der Waals surface area contributed by atoms with Crippen molar-refractivity contribution in [3.8, 4) is 0 Å². The van der Waals surface area contributed by atoms with Crippen LogP contribution in [-0.4, -0.2) is 34.8 Å². The number of likely N-dealkylation sites (tertiary alicyclic amines) is 1. The lowest BCUT2D eigenvalue weighted by Gasteiger charge is -2.38. The Hall–Kier alpha value is -1.84. The molecule has 4 heteroatoms. The third-order valence-electron chi connectivity index (χ3n) is 4.64. The second-order valence-corrected chi connectivity index (χ2v) is 5.69. The average Bonchev–Trinajstić information content (AvgIpc) is 2.47. The molecule has 2 aliphatic rings. The van der Waals surface area contributed by atoms with Crippen molar-refractivity contribution in [1.29, 1.82) is 0 Å². The lowest BCUT2D eigenvalue weighted by molar-refractivity contribution is -0.134. The molecule has 106 valence electrons. The SMILES string of the molecule is CCC1CN(C(=O)C2Cc3ccccc32)CC/C1=N\O. The first kappa shape index (κ1) is 13.2. The van der Waals surface area contributed by atoms with Crippen molar-refractivity contribution in [1.82, 2.24) is 4.90 Å². The number of oxime groups is 1. The van der Waals surface area contributed by atoms with Crippen LogP contribution < -0.4 is 0 Å². The summed E-state index contributed by atoms with van der Waals surface area (Å²) in [6.45, 7) is 3.43. The molecule has 1 heterocycles. The number of amides is 1. The Bertz CT molecular complexity index is 553. The summed E-state index contributed by atoms with van der Waals surface area (Å²) in [7, 11) is 0. The highest BCUT2D eigenvalue weighted by molar-refractivity contribution is 5.91. The monoisotopic (exact) mass is 272 g/mol. The Morgan fingerprint density at radius 1 is 1.45 bits per heavy atom. The van der Waals surface area contributed by atoms with Gasteiger partial charge in [0, 0.05) is 25.4 Å². The Balaban J connectivity index is 1.71. The van der Waals surface area contributed by atoms with Crippen molar-refractivity contribution < 1.29 is 10.0 Å². The molecule has 0 radical (unpaired) electrons. The maximum Gasteiger partial charge on any atom is 0.230 e. The van der Waals surface area contributed by atoms with E-state index in [0.29, 0.717) is 19.5 Å². The molecule has 0 bridgehead atoms. The van der Waals surface area contributed by atoms with Gasteiger partial charge in [-0.15, -0.1) is 0 Å². The van der Waals surface area contributed by atoms with Gasteiger partial charge in [-0.2, -0.15) is 0 Å². The number of carbonyl (C=O) groups is 1. The highest BCUT2D eigenvalue weighted by atomic mass is 16.4. The molecule has 1 N–H and O–H groups in total. The van der Waals surface area contributed by atoms with Gasteiger partial charge in [0.25, 0.3) is 0 Å². The minimum Gasteiger partial charge on any atom is -0.411 e. The van der Waals surface area contributed by atoms with Crippen molar-refractivity contribution in [2.75, 3.05) is 13.1 Å². The van der Waals surface area contributed by atoms with Crippen LogP contribution in [0.15, 0.2) is 29.4 Å². The van der Waals surface area contributed by atoms with Gasteiger partial charge >= 0.3 is 0 Å². The van der Waals surface area contributed by atoms with E-state index in [-0.39, 0.29) is 17.7 Å². The molecule has 20 heavy (non-hydrogen) atoms. The normalized spacial score (nSPS) is 27.1. The topological polar surface area (TPSA) is 52.9 Å². The van der Waals surface area contributed by atoms with Crippen molar-refractivity contribution in [3.05, 3.63) is 35.4 Å². The van der Waals surface area contributed by atoms with Crippen LogP contribution >= 0.6 is 0 Å². The van der Waals surface area contributed by atoms with E-state index in [9.17, 15) is 4.79 Å². The molecule has 4 nitrogen and oxygen atoms in total. The maximum absolute atomic E-state index is 12.6. The van der Waals surface area contributed by atoms with E-state index in [2.05, 4.69) is 24.2 Å². The predicted octanol–water partition coefficient (Wildman–Crippen LogP) is 2.42. The second-order valence-electron chi connectivity index (χ2n) is 5.69. The summed E-state index contributed by atoms with van der Waals surface area (Å²) in [5, 5.41) is 12.4. The first-order valence-electron chi connectivity index (χ1n) is 7.32. The van der Waals surface area contributed by atoms with E-state index in [4.69, 9.17) is 5.21 Å². The lowest BCUT2D eigenvalue weighted by atomic mass is 9.76. The summed E-state index contributed by atoms with van der Waals surface area (Å²) < 4.78 is 0. The van der Waals surface area contributed by atoms with Gasteiger partial charge in [-0.1, -0.05) is 36.3 Å². The molecule has 1 aliphatic carbocycles. The molecular formula is C16H20N2O2. The van der Waals surface area contributed by atoms with Crippen molar-refractivity contribution >= 4 is 11.6 Å². The van der Waals surface area contributed by atoms with Crippen molar-refractivity contribution in [3.63, 3.8) is 0 Å². The van der Waals surface area contributed by atoms with Crippen LogP contribution in [0.25, 0.3) is 0 Å². The number of hydrogen-bond donors (Lipinski definition) is 1. The van der Waals surface area contributed by atoms with E-state index in [1.165, 1.54) is 11.1 Å². The Morgan fingerprint density at radius 3 is 2.95 bits per heavy atom. The van der Waals surface area contributed by atoms with Gasteiger partial charge in [-0.25, -0.2) is 0 Å². The fourth-order valence-corrected chi connectivity index (χ4v) is 3.31. The minimum atomic E-state index is 0.0383. The summed E-state index contributed by atoms with van der Waals surface area (Å²) in [6, 6.07) is 8.18.